The van der Waals surface area contributed by atoms with Gasteiger partial charge in [0.05, 0.1) is 28.7 Å². The van der Waals surface area contributed by atoms with Crippen LogP contribution < -0.4 is 4.90 Å². The fraction of sp³-hybridized carbons (Fsp3) is 0.0769. The van der Waals surface area contributed by atoms with E-state index in [1.54, 1.807) is 29.8 Å². The van der Waals surface area contributed by atoms with E-state index in [1.165, 1.54) is 23.2 Å². The number of furan rings is 1. The highest BCUT2D eigenvalue weighted by Gasteiger charge is 2.20. The fourth-order valence-corrected chi connectivity index (χ4v) is 4.45. The summed E-state index contributed by atoms with van der Waals surface area (Å²) in [4.78, 5) is 35.9. The smallest absolute Gasteiger partial charge is 0.339 e. The molecule has 0 fully saturated rings. The minimum absolute atomic E-state index is 0.0252. The molecule has 0 aliphatic heterocycles. The second-order valence-corrected chi connectivity index (χ2v) is 8.27. The number of pyridine rings is 1. The predicted octanol–water partition coefficient (Wildman–Crippen LogP) is 5.99. The van der Waals surface area contributed by atoms with E-state index < -0.39 is 5.97 Å². The van der Waals surface area contributed by atoms with Gasteiger partial charge in [-0.15, -0.1) is 11.3 Å². The molecule has 0 unspecified atom stereocenters. The molecule has 168 valence electrons. The summed E-state index contributed by atoms with van der Waals surface area (Å²) in [6.45, 7) is 1.46. The zero-order chi connectivity index (χ0) is 23.5. The third kappa shape index (κ3) is 4.31. The van der Waals surface area contributed by atoms with Crippen molar-refractivity contribution in [2.24, 2.45) is 0 Å². The first-order valence-electron chi connectivity index (χ1n) is 10.5. The van der Waals surface area contributed by atoms with Crippen molar-refractivity contribution in [2.75, 3.05) is 4.90 Å². The van der Waals surface area contributed by atoms with E-state index in [0.717, 1.165) is 5.69 Å². The Hall–Kier alpha value is -4.30. The van der Waals surface area contributed by atoms with E-state index in [4.69, 9.17) is 9.15 Å². The van der Waals surface area contributed by atoms with E-state index >= 15 is 0 Å². The molecule has 3 aromatic heterocycles. The van der Waals surface area contributed by atoms with Crippen LogP contribution in [0.25, 0.3) is 22.4 Å². The number of carbonyl (C=O) groups excluding carboxylic acids is 2. The maximum Gasteiger partial charge on any atom is 0.339 e. The summed E-state index contributed by atoms with van der Waals surface area (Å²) in [6, 6.07) is 21.9. The molecule has 1 amide bonds. The van der Waals surface area contributed by atoms with Gasteiger partial charge in [0, 0.05) is 17.7 Å². The number of esters is 1. The third-order valence-corrected chi connectivity index (χ3v) is 6.00. The Kier molecular flexibility index (Phi) is 5.88. The van der Waals surface area contributed by atoms with Gasteiger partial charge >= 0.3 is 5.97 Å². The van der Waals surface area contributed by atoms with Gasteiger partial charge in [-0.1, -0.05) is 36.4 Å². The molecule has 0 aliphatic carbocycles. The molecule has 2 aromatic carbocycles. The highest BCUT2D eigenvalue weighted by molar-refractivity contribution is 7.14. The maximum absolute atomic E-state index is 13.1. The number of ether oxygens (including phenoxy) is 1. The van der Waals surface area contributed by atoms with Crippen LogP contribution in [0.2, 0.25) is 0 Å². The predicted molar refractivity (Wildman–Crippen MR) is 130 cm³/mol. The molecule has 0 saturated carbocycles. The molecule has 0 saturated heterocycles. The van der Waals surface area contributed by atoms with Crippen LogP contribution in [0, 0.1) is 0 Å². The second kappa shape index (κ2) is 9.29. The van der Waals surface area contributed by atoms with E-state index in [0.29, 0.717) is 38.7 Å². The van der Waals surface area contributed by atoms with Crippen molar-refractivity contribution >= 4 is 44.9 Å². The number of benzene rings is 2. The average Bonchev–Trinajstić information content (AvgIpc) is 3.55. The van der Waals surface area contributed by atoms with Gasteiger partial charge in [-0.25, -0.2) is 14.8 Å². The van der Waals surface area contributed by atoms with Crippen molar-refractivity contribution in [3.63, 3.8) is 0 Å². The summed E-state index contributed by atoms with van der Waals surface area (Å²) < 4.78 is 11.1. The first-order chi connectivity index (χ1) is 16.6. The molecular formula is C26H19N3O4S. The quantitative estimate of drug-likeness (QED) is 0.284. The van der Waals surface area contributed by atoms with Crippen molar-refractivity contribution in [1.29, 1.82) is 0 Å². The zero-order valence-electron chi connectivity index (χ0n) is 18.2. The Morgan fingerprint density at radius 1 is 1.00 bits per heavy atom. The molecule has 0 spiro atoms. The number of anilines is 2. The molecule has 8 heteroatoms. The summed E-state index contributed by atoms with van der Waals surface area (Å²) in [6.07, 6.45) is 1.56. The van der Waals surface area contributed by atoms with Crippen molar-refractivity contribution in [3.8, 4) is 11.5 Å². The van der Waals surface area contributed by atoms with Crippen molar-refractivity contribution in [3.05, 3.63) is 95.7 Å². The first-order valence-corrected chi connectivity index (χ1v) is 11.4. The Balaban J connectivity index is 1.38. The molecule has 0 radical (unpaired) electrons. The first kappa shape index (κ1) is 21.5. The summed E-state index contributed by atoms with van der Waals surface area (Å²) >= 11 is 1.31. The topological polar surface area (TPSA) is 85.5 Å². The molecule has 5 rings (SSSR count). The van der Waals surface area contributed by atoms with Crippen LogP contribution >= 0.6 is 11.3 Å². The standard InChI is InChI=1S/C26H19N3O4S/c1-17(30)29(19-8-3-2-4-9-19)26-27-18(16-34-26)15-33-25(31)21-14-23(24-12-7-13-32-24)28-22-11-6-5-10-20(21)22/h2-14,16H,15H2,1H3. The van der Waals surface area contributed by atoms with E-state index in [9.17, 15) is 9.59 Å². The van der Waals surface area contributed by atoms with Crippen LogP contribution in [-0.2, 0) is 16.1 Å². The fourth-order valence-electron chi connectivity index (χ4n) is 3.58. The molecule has 0 atom stereocenters. The Morgan fingerprint density at radius 3 is 2.56 bits per heavy atom. The van der Waals surface area contributed by atoms with Gasteiger partial charge in [0.1, 0.15) is 12.3 Å². The highest BCUT2D eigenvalue weighted by atomic mass is 32.1. The number of hydrogen-bond acceptors (Lipinski definition) is 7. The maximum atomic E-state index is 13.1. The van der Waals surface area contributed by atoms with Crippen LogP contribution in [-0.4, -0.2) is 21.8 Å². The highest BCUT2D eigenvalue weighted by Crippen LogP contribution is 2.30. The molecule has 0 bridgehead atoms. The van der Waals surface area contributed by atoms with Crippen molar-refractivity contribution < 1.29 is 18.7 Å². The lowest BCUT2D eigenvalue weighted by Gasteiger charge is -2.17. The van der Waals surface area contributed by atoms with Crippen molar-refractivity contribution in [1.82, 2.24) is 9.97 Å². The number of rotatable bonds is 6. The van der Waals surface area contributed by atoms with Gasteiger partial charge in [0.15, 0.2) is 10.9 Å². The zero-order valence-corrected chi connectivity index (χ0v) is 19.0. The van der Waals surface area contributed by atoms with Crippen molar-refractivity contribution in [2.45, 2.75) is 13.5 Å². The van der Waals surface area contributed by atoms with Gasteiger partial charge in [-0.3, -0.25) is 9.69 Å². The number of hydrogen-bond donors (Lipinski definition) is 0. The number of nitrogens with zero attached hydrogens (tertiary/aromatic N) is 3. The summed E-state index contributed by atoms with van der Waals surface area (Å²) in [5.74, 6) is -0.0839. The Bertz CT molecular complexity index is 1460. The molecule has 0 aliphatic rings. The van der Waals surface area contributed by atoms with E-state index in [-0.39, 0.29) is 12.5 Å². The minimum atomic E-state index is -0.493. The number of thiazole rings is 1. The molecule has 0 N–H and O–H groups in total. The normalized spacial score (nSPS) is 10.9. The lowest BCUT2D eigenvalue weighted by atomic mass is 10.1. The van der Waals surface area contributed by atoms with Crippen LogP contribution in [0.4, 0.5) is 10.8 Å². The van der Waals surface area contributed by atoms with E-state index in [2.05, 4.69) is 9.97 Å². The number of carbonyl (C=O) groups is 2. The van der Waals surface area contributed by atoms with Gasteiger partial charge in [-0.2, -0.15) is 0 Å². The second-order valence-electron chi connectivity index (χ2n) is 7.44. The summed E-state index contributed by atoms with van der Waals surface area (Å²) in [5, 5.41) is 2.98. The largest absolute Gasteiger partial charge is 0.463 e. The average molecular weight is 470 g/mol. The van der Waals surface area contributed by atoms with Crippen LogP contribution in [0.3, 0.4) is 0 Å². The van der Waals surface area contributed by atoms with Gasteiger partial charge in [-0.05, 0) is 36.4 Å². The third-order valence-electron chi connectivity index (χ3n) is 5.12. The van der Waals surface area contributed by atoms with Crippen LogP contribution in [0.15, 0.2) is 88.9 Å². The Labute approximate surface area is 199 Å². The van der Waals surface area contributed by atoms with Crippen LogP contribution in [0.5, 0.6) is 0 Å². The van der Waals surface area contributed by atoms with Crippen LogP contribution in [0.1, 0.15) is 23.0 Å². The molecule has 3 heterocycles. The Morgan fingerprint density at radius 2 is 1.79 bits per heavy atom. The molecular weight excluding hydrogens is 450 g/mol. The molecule has 7 nitrogen and oxygen atoms in total. The minimum Gasteiger partial charge on any atom is -0.463 e. The number of para-hydroxylation sites is 2. The van der Waals surface area contributed by atoms with Gasteiger partial charge in [0.25, 0.3) is 0 Å². The number of amides is 1. The lowest BCUT2D eigenvalue weighted by molar-refractivity contribution is -0.115. The SMILES string of the molecule is CC(=O)N(c1ccccc1)c1nc(COC(=O)c2cc(-c3ccco3)nc3ccccc23)cs1. The monoisotopic (exact) mass is 469 g/mol. The van der Waals surface area contributed by atoms with Gasteiger partial charge in [0.2, 0.25) is 5.91 Å². The molecule has 34 heavy (non-hydrogen) atoms. The number of aromatic nitrogens is 2. The number of fused-ring (bicyclic) bond motifs is 1. The molecule has 5 aromatic rings. The summed E-state index contributed by atoms with van der Waals surface area (Å²) in [5.41, 5.74) is 2.88. The van der Waals surface area contributed by atoms with Gasteiger partial charge < -0.3 is 9.15 Å². The summed E-state index contributed by atoms with van der Waals surface area (Å²) in [7, 11) is 0. The lowest BCUT2D eigenvalue weighted by Crippen LogP contribution is -2.22. The van der Waals surface area contributed by atoms with E-state index in [1.807, 2.05) is 54.6 Å².